The SMILES string of the molecule is Cc1nc(C(=O)N2C(C)SCC2C(=O)O)ccc1C#N. The Balaban J connectivity index is 2.33. The molecule has 2 heterocycles. The molecule has 20 heavy (non-hydrogen) atoms. The van der Waals surface area contributed by atoms with E-state index in [1.807, 2.05) is 6.07 Å². The first-order valence-corrected chi connectivity index (χ1v) is 7.05. The first kappa shape index (κ1) is 14.3. The molecule has 0 bridgehead atoms. The number of amides is 1. The molecular formula is C13H13N3O3S. The molecule has 2 atom stereocenters. The summed E-state index contributed by atoms with van der Waals surface area (Å²) in [5.41, 5.74) is 1.03. The topological polar surface area (TPSA) is 94.3 Å². The second kappa shape index (κ2) is 5.51. The van der Waals surface area contributed by atoms with Gasteiger partial charge in [0.25, 0.3) is 5.91 Å². The van der Waals surface area contributed by atoms with E-state index in [1.165, 1.54) is 28.8 Å². The summed E-state index contributed by atoms with van der Waals surface area (Å²) < 4.78 is 0. The number of nitriles is 1. The molecule has 0 saturated carbocycles. The van der Waals surface area contributed by atoms with Crippen LogP contribution in [-0.4, -0.2) is 44.0 Å². The molecule has 1 N–H and O–H groups in total. The Bertz CT molecular complexity index is 611. The van der Waals surface area contributed by atoms with Gasteiger partial charge >= 0.3 is 5.97 Å². The van der Waals surface area contributed by atoms with Gasteiger partial charge in [-0.15, -0.1) is 11.8 Å². The molecule has 1 saturated heterocycles. The van der Waals surface area contributed by atoms with Gasteiger partial charge in [0.1, 0.15) is 17.8 Å². The lowest BCUT2D eigenvalue weighted by Gasteiger charge is -2.24. The predicted molar refractivity (Wildman–Crippen MR) is 73.2 cm³/mol. The Morgan fingerprint density at radius 1 is 1.55 bits per heavy atom. The van der Waals surface area contributed by atoms with E-state index in [0.717, 1.165) is 0 Å². The number of aromatic nitrogens is 1. The maximum atomic E-state index is 12.4. The number of hydrogen-bond acceptors (Lipinski definition) is 5. The predicted octanol–water partition coefficient (Wildman–Crippen LogP) is 1.25. The van der Waals surface area contributed by atoms with Gasteiger partial charge in [-0.1, -0.05) is 0 Å². The van der Waals surface area contributed by atoms with Gasteiger partial charge in [0.15, 0.2) is 0 Å². The van der Waals surface area contributed by atoms with Gasteiger partial charge < -0.3 is 10.0 Å². The number of carbonyl (C=O) groups excluding carboxylic acids is 1. The van der Waals surface area contributed by atoms with Gasteiger partial charge in [-0.05, 0) is 26.0 Å². The van der Waals surface area contributed by atoms with Crippen LogP contribution in [0.4, 0.5) is 0 Å². The van der Waals surface area contributed by atoms with Crippen LogP contribution in [0.1, 0.15) is 28.7 Å². The third kappa shape index (κ3) is 2.47. The summed E-state index contributed by atoms with van der Waals surface area (Å²) >= 11 is 1.42. The zero-order valence-electron chi connectivity index (χ0n) is 11.0. The van der Waals surface area contributed by atoms with Crippen LogP contribution in [-0.2, 0) is 4.79 Å². The lowest BCUT2D eigenvalue weighted by Crippen LogP contribution is -2.45. The van der Waals surface area contributed by atoms with Crippen molar-refractivity contribution in [2.45, 2.75) is 25.3 Å². The van der Waals surface area contributed by atoms with E-state index in [2.05, 4.69) is 4.98 Å². The van der Waals surface area contributed by atoms with Gasteiger partial charge in [-0.25, -0.2) is 9.78 Å². The maximum Gasteiger partial charge on any atom is 0.327 e. The Morgan fingerprint density at radius 2 is 2.25 bits per heavy atom. The highest BCUT2D eigenvalue weighted by molar-refractivity contribution is 8.00. The normalized spacial score (nSPS) is 21.6. The minimum atomic E-state index is -1.01. The van der Waals surface area contributed by atoms with E-state index in [-0.39, 0.29) is 11.1 Å². The highest BCUT2D eigenvalue weighted by atomic mass is 32.2. The summed E-state index contributed by atoms with van der Waals surface area (Å²) in [5, 5.41) is 17.8. The molecule has 1 aromatic rings. The number of aliphatic carboxylic acids is 1. The highest BCUT2D eigenvalue weighted by Gasteiger charge is 2.40. The van der Waals surface area contributed by atoms with Crippen LogP contribution < -0.4 is 0 Å². The first-order valence-electron chi connectivity index (χ1n) is 6.00. The van der Waals surface area contributed by atoms with E-state index < -0.39 is 17.9 Å². The smallest absolute Gasteiger partial charge is 0.327 e. The zero-order chi connectivity index (χ0) is 14.9. The van der Waals surface area contributed by atoms with Crippen LogP contribution in [0.25, 0.3) is 0 Å². The first-order chi connectivity index (χ1) is 9.45. The van der Waals surface area contributed by atoms with Crippen molar-refractivity contribution in [3.63, 3.8) is 0 Å². The summed E-state index contributed by atoms with van der Waals surface area (Å²) in [5.74, 6) is -1.06. The van der Waals surface area contributed by atoms with Crippen molar-refractivity contribution in [1.29, 1.82) is 5.26 Å². The fourth-order valence-corrected chi connectivity index (χ4v) is 3.24. The molecule has 1 aromatic heterocycles. The molecule has 6 nitrogen and oxygen atoms in total. The Kier molecular flexibility index (Phi) is 3.95. The molecule has 0 aliphatic carbocycles. The van der Waals surface area contributed by atoms with Crippen molar-refractivity contribution in [1.82, 2.24) is 9.88 Å². The standard InChI is InChI=1S/C13H13N3O3S/c1-7-9(5-14)3-4-10(15-7)12(17)16-8(2)20-6-11(16)13(18)19/h3-4,8,11H,6H2,1-2H3,(H,18,19). The number of carbonyl (C=O) groups is 2. The molecule has 0 aromatic carbocycles. The van der Waals surface area contributed by atoms with Crippen LogP contribution in [0.3, 0.4) is 0 Å². The number of pyridine rings is 1. The van der Waals surface area contributed by atoms with E-state index in [1.54, 1.807) is 13.8 Å². The van der Waals surface area contributed by atoms with Crippen molar-refractivity contribution in [3.8, 4) is 6.07 Å². The van der Waals surface area contributed by atoms with Crippen LogP contribution >= 0.6 is 11.8 Å². The summed E-state index contributed by atoms with van der Waals surface area (Å²) in [7, 11) is 0. The minimum absolute atomic E-state index is 0.169. The minimum Gasteiger partial charge on any atom is -0.480 e. The Morgan fingerprint density at radius 3 is 2.80 bits per heavy atom. The molecule has 1 fully saturated rings. The van der Waals surface area contributed by atoms with Crippen molar-refractivity contribution in [2.24, 2.45) is 0 Å². The number of hydrogen-bond donors (Lipinski definition) is 1. The number of thioether (sulfide) groups is 1. The second-order valence-electron chi connectivity index (χ2n) is 4.44. The summed E-state index contributed by atoms with van der Waals surface area (Å²) in [4.78, 5) is 29.1. The molecular weight excluding hydrogens is 278 g/mol. The summed E-state index contributed by atoms with van der Waals surface area (Å²) in [6.45, 7) is 3.44. The molecule has 2 unspecified atom stereocenters. The van der Waals surface area contributed by atoms with Gasteiger partial charge in [-0.3, -0.25) is 4.79 Å². The number of rotatable bonds is 2. The van der Waals surface area contributed by atoms with E-state index in [4.69, 9.17) is 10.4 Å². The fraction of sp³-hybridized carbons (Fsp3) is 0.385. The average molecular weight is 291 g/mol. The second-order valence-corrected chi connectivity index (χ2v) is 5.79. The largest absolute Gasteiger partial charge is 0.480 e. The quantitative estimate of drug-likeness (QED) is 0.881. The van der Waals surface area contributed by atoms with Crippen molar-refractivity contribution >= 4 is 23.6 Å². The van der Waals surface area contributed by atoms with E-state index in [0.29, 0.717) is 17.0 Å². The van der Waals surface area contributed by atoms with E-state index >= 15 is 0 Å². The third-order valence-electron chi connectivity index (χ3n) is 3.17. The number of carboxylic acid groups (broad SMARTS) is 1. The third-order valence-corrected chi connectivity index (χ3v) is 4.39. The van der Waals surface area contributed by atoms with Crippen LogP contribution in [0, 0.1) is 18.3 Å². The van der Waals surface area contributed by atoms with Crippen molar-refractivity contribution in [2.75, 3.05) is 5.75 Å². The Hall–Kier alpha value is -2.07. The van der Waals surface area contributed by atoms with Crippen molar-refractivity contribution < 1.29 is 14.7 Å². The number of carboxylic acids is 1. The van der Waals surface area contributed by atoms with Gasteiger partial charge in [0, 0.05) is 5.75 Å². The summed E-state index contributed by atoms with van der Waals surface area (Å²) in [6, 6.07) is 4.14. The highest BCUT2D eigenvalue weighted by Crippen LogP contribution is 2.30. The molecule has 0 radical (unpaired) electrons. The molecule has 0 spiro atoms. The number of aryl methyl sites for hydroxylation is 1. The molecule has 7 heteroatoms. The maximum absolute atomic E-state index is 12.4. The average Bonchev–Trinajstić information content (AvgIpc) is 2.80. The van der Waals surface area contributed by atoms with Crippen LogP contribution in [0.15, 0.2) is 12.1 Å². The van der Waals surface area contributed by atoms with E-state index in [9.17, 15) is 9.59 Å². The molecule has 104 valence electrons. The number of nitrogens with zero attached hydrogens (tertiary/aromatic N) is 3. The molecule has 2 rings (SSSR count). The zero-order valence-corrected chi connectivity index (χ0v) is 11.8. The molecule has 1 amide bonds. The van der Waals surface area contributed by atoms with Gasteiger partial charge in [-0.2, -0.15) is 5.26 Å². The lowest BCUT2D eigenvalue weighted by molar-refractivity contribution is -0.141. The molecule has 1 aliphatic heterocycles. The lowest BCUT2D eigenvalue weighted by atomic mass is 10.2. The van der Waals surface area contributed by atoms with Crippen molar-refractivity contribution in [3.05, 3.63) is 29.1 Å². The van der Waals surface area contributed by atoms with Gasteiger partial charge in [0.05, 0.1) is 16.6 Å². The van der Waals surface area contributed by atoms with Crippen LogP contribution in [0.5, 0.6) is 0 Å². The molecule has 1 aliphatic rings. The van der Waals surface area contributed by atoms with Gasteiger partial charge in [0.2, 0.25) is 0 Å². The summed E-state index contributed by atoms with van der Waals surface area (Å²) in [6.07, 6.45) is 0. The Labute approximate surface area is 120 Å². The van der Waals surface area contributed by atoms with Crippen LogP contribution in [0.2, 0.25) is 0 Å². The fourth-order valence-electron chi connectivity index (χ4n) is 2.07. The monoisotopic (exact) mass is 291 g/mol.